The molecule has 2 aromatic rings. The number of sulfone groups is 1. The first-order chi connectivity index (χ1) is 12.2. The van der Waals surface area contributed by atoms with Crippen LogP contribution in [0.15, 0.2) is 41.3 Å². The van der Waals surface area contributed by atoms with Crippen molar-refractivity contribution in [3.05, 3.63) is 47.5 Å². The highest BCUT2D eigenvalue weighted by Gasteiger charge is 2.27. The van der Waals surface area contributed by atoms with Crippen LogP contribution in [0.1, 0.15) is 11.1 Å². The van der Waals surface area contributed by atoms with E-state index < -0.39 is 26.5 Å². The van der Waals surface area contributed by atoms with Crippen LogP contribution in [0, 0.1) is 13.8 Å². The van der Waals surface area contributed by atoms with Crippen LogP contribution in [0.2, 0.25) is 0 Å². The Balaban J connectivity index is 2.30. The van der Waals surface area contributed by atoms with Gasteiger partial charge in [-0.3, -0.25) is 0 Å². The van der Waals surface area contributed by atoms with Crippen molar-refractivity contribution in [1.82, 2.24) is 0 Å². The normalized spacial score (nSPS) is 11.3. The molecular weight excluding hydrogens is 366 g/mol. The maximum atomic E-state index is 12.7. The number of alkyl halides is 2. The Bertz CT molecular complexity index is 930. The number of carbonyl (C=O) groups is 1. The number of amides is 2. The van der Waals surface area contributed by atoms with Gasteiger partial charge in [0.1, 0.15) is 5.75 Å². The van der Waals surface area contributed by atoms with Gasteiger partial charge in [0.15, 0.2) is 0 Å². The van der Waals surface area contributed by atoms with Gasteiger partial charge in [-0.15, -0.1) is 0 Å². The zero-order chi connectivity index (χ0) is 19.5. The van der Waals surface area contributed by atoms with Gasteiger partial charge in [0.2, 0.25) is 9.84 Å². The molecule has 2 N–H and O–H groups in total. The average Bonchev–Trinajstić information content (AvgIpc) is 2.58. The highest BCUT2D eigenvalue weighted by molar-refractivity contribution is 7.91. The van der Waals surface area contributed by atoms with Crippen molar-refractivity contribution in [3.8, 4) is 5.75 Å². The highest BCUT2D eigenvalue weighted by Crippen LogP contribution is 2.30. The lowest BCUT2D eigenvalue weighted by molar-refractivity contribution is 0.234. The summed E-state index contributed by atoms with van der Waals surface area (Å²) in [5.74, 6) is -3.43. The fraction of sp³-hybridized carbons (Fsp3) is 0.235. The second kappa shape index (κ2) is 7.69. The largest absolute Gasteiger partial charge is 0.495 e. The SMILES string of the molecule is COc1ccc(S(=O)(=O)C(F)F)cc1NC(=O)Nc1cccc(C)c1C. The van der Waals surface area contributed by atoms with Gasteiger partial charge < -0.3 is 15.4 Å². The molecule has 0 saturated carbocycles. The third-order valence-electron chi connectivity index (χ3n) is 3.84. The van der Waals surface area contributed by atoms with Gasteiger partial charge >= 0.3 is 11.8 Å². The summed E-state index contributed by atoms with van der Waals surface area (Å²) in [6, 6.07) is 7.83. The van der Waals surface area contributed by atoms with E-state index in [0.717, 1.165) is 23.3 Å². The number of rotatable bonds is 5. The van der Waals surface area contributed by atoms with E-state index in [1.54, 1.807) is 12.1 Å². The molecule has 26 heavy (non-hydrogen) atoms. The van der Waals surface area contributed by atoms with Crippen molar-refractivity contribution in [2.45, 2.75) is 24.5 Å². The maximum Gasteiger partial charge on any atom is 0.341 e. The van der Waals surface area contributed by atoms with E-state index >= 15 is 0 Å². The summed E-state index contributed by atoms with van der Waals surface area (Å²) >= 11 is 0. The predicted octanol–water partition coefficient (Wildman–Crippen LogP) is 3.95. The van der Waals surface area contributed by atoms with Crippen molar-refractivity contribution < 1.29 is 26.7 Å². The molecule has 9 heteroatoms. The van der Waals surface area contributed by atoms with Gasteiger partial charge in [-0.25, -0.2) is 13.2 Å². The van der Waals surface area contributed by atoms with Crippen molar-refractivity contribution >= 4 is 27.2 Å². The molecule has 0 aliphatic carbocycles. The Morgan fingerprint density at radius 2 is 1.73 bits per heavy atom. The molecule has 0 unspecified atom stereocenters. The van der Waals surface area contributed by atoms with Crippen LogP contribution in [0.5, 0.6) is 5.75 Å². The summed E-state index contributed by atoms with van der Waals surface area (Å²) in [5, 5.41) is 5.05. The quantitative estimate of drug-likeness (QED) is 0.817. The molecule has 0 aliphatic heterocycles. The molecule has 140 valence electrons. The molecular formula is C17H18F2N2O4S. The number of ether oxygens (including phenoxy) is 1. The molecule has 0 bridgehead atoms. The topological polar surface area (TPSA) is 84.5 Å². The first-order valence-electron chi connectivity index (χ1n) is 7.51. The molecule has 6 nitrogen and oxygen atoms in total. The van der Waals surface area contributed by atoms with Crippen LogP contribution in [0.25, 0.3) is 0 Å². The number of urea groups is 1. The van der Waals surface area contributed by atoms with Crippen LogP contribution in [-0.4, -0.2) is 27.3 Å². The smallest absolute Gasteiger partial charge is 0.341 e. The lowest BCUT2D eigenvalue weighted by Gasteiger charge is -2.14. The highest BCUT2D eigenvalue weighted by atomic mass is 32.2. The number of halogens is 2. The molecule has 0 aromatic heterocycles. The molecule has 0 heterocycles. The molecule has 0 fully saturated rings. The third kappa shape index (κ3) is 4.10. The molecule has 0 radical (unpaired) electrons. The summed E-state index contributed by atoms with van der Waals surface area (Å²) < 4.78 is 53.7. The fourth-order valence-electron chi connectivity index (χ4n) is 2.23. The van der Waals surface area contributed by atoms with Crippen molar-refractivity contribution in [2.75, 3.05) is 17.7 Å². The van der Waals surface area contributed by atoms with Gasteiger partial charge in [-0.05, 0) is 49.2 Å². The third-order valence-corrected chi connectivity index (χ3v) is 5.22. The van der Waals surface area contributed by atoms with Crippen LogP contribution in [0.4, 0.5) is 25.0 Å². The molecule has 2 amide bonds. The number of aryl methyl sites for hydroxylation is 1. The number of carbonyl (C=O) groups excluding carboxylic acids is 1. The lowest BCUT2D eigenvalue weighted by Crippen LogP contribution is -2.21. The minimum Gasteiger partial charge on any atom is -0.495 e. The minimum atomic E-state index is -4.79. The van der Waals surface area contributed by atoms with Crippen molar-refractivity contribution in [1.29, 1.82) is 0 Å². The second-order valence-corrected chi connectivity index (χ2v) is 7.41. The average molecular weight is 384 g/mol. The van der Waals surface area contributed by atoms with Gasteiger partial charge in [-0.2, -0.15) is 8.78 Å². The van der Waals surface area contributed by atoms with Gasteiger partial charge in [-0.1, -0.05) is 12.1 Å². The van der Waals surface area contributed by atoms with E-state index in [0.29, 0.717) is 5.69 Å². The number of benzene rings is 2. The van der Waals surface area contributed by atoms with Gasteiger partial charge in [0, 0.05) is 5.69 Å². The fourth-order valence-corrected chi connectivity index (χ4v) is 2.97. The lowest BCUT2D eigenvalue weighted by atomic mass is 10.1. The standard InChI is InChI=1S/C17H18F2N2O4S/c1-10-5-4-6-13(11(10)2)20-17(22)21-14-9-12(7-8-15(14)25-3)26(23,24)16(18)19/h4-9,16H,1-3H3,(H2,20,21,22). The summed E-state index contributed by atoms with van der Waals surface area (Å²) in [4.78, 5) is 11.6. The van der Waals surface area contributed by atoms with Crippen LogP contribution in [-0.2, 0) is 9.84 Å². The van der Waals surface area contributed by atoms with Crippen LogP contribution < -0.4 is 15.4 Å². The molecule has 0 aliphatic rings. The Morgan fingerprint density at radius 1 is 1.08 bits per heavy atom. The number of hydrogen-bond acceptors (Lipinski definition) is 4. The first-order valence-corrected chi connectivity index (χ1v) is 9.05. The van der Waals surface area contributed by atoms with E-state index in [4.69, 9.17) is 4.74 Å². The van der Waals surface area contributed by atoms with E-state index in [2.05, 4.69) is 10.6 Å². The number of nitrogens with one attached hydrogen (secondary N) is 2. The second-order valence-electron chi connectivity index (χ2n) is 5.49. The van der Waals surface area contributed by atoms with Crippen LogP contribution in [0.3, 0.4) is 0 Å². The number of anilines is 2. The van der Waals surface area contributed by atoms with E-state index in [-0.39, 0.29) is 11.4 Å². The minimum absolute atomic E-state index is 0.0444. The Labute approximate surface area is 150 Å². The number of hydrogen-bond donors (Lipinski definition) is 2. The number of methoxy groups -OCH3 is 1. The van der Waals surface area contributed by atoms with Crippen LogP contribution >= 0.6 is 0 Å². The molecule has 0 spiro atoms. The van der Waals surface area contributed by atoms with E-state index in [1.807, 2.05) is 19.9 Å². The maximum absolute atomic E-state index is 12.7. The molecule has 2 rings (SSSR count). The zero-order valence-corrected chi connectivity index (χ0v) is 15.2. The predicted molar refractivity (Wildman–Crippen MR) is 94.7 cm³/mol. The van der Waals surface area contributed by atoms with Crippen molar-refractivity contribution in [3.63, 3.8) is 0 Å². The Morgan fingerprint density at radius 3 is 2.35 bits per heavy atom. The Hall–Kier alpha value is -2.68. The monoisotopic (exact) mass is 384 g/mol. The molecule has 0 atom stereocenters. The first kappa shape index (κ1) is 19.6. The molecule has 2 aromatic carbocycles. The van der Waals surface area contributed by atoms with Gasteiger partial charge in [0.05, 0.1) is 17.7 Å². The summed E-state index contributed by atoms with van der Waals surface area (Å²) in [5.41, 5.74) is 2.36. The van der Waals surface area contributed by atoms with E-state index in [1.165, 1.54) is 13.2 Å². The summed E-state index contributed by atoms with van der Waals surface area (Å²) in [7, 11) is -3.48. The molecule has 0 saturated heterocycles. The summed E-state index contributed by atoms with van der Waals surface area (Å²) in [6.07, 6.45) is 0. The zero-order valence-electron chi connectivity index (χ0n) is 14.3. The van der Waals surface area contributed by atoms with E-state index in [9.17, 15) is 22.0 Å². The summed E-state index contributed by atoms with van der Waals surface area (Å²) in [6.45, 7) is 3.72. The van der Waals surface area contributed by atoms with Crippen molar-refractivity contribution in [2.24, 2.45) is 0 Å². The van der Waals surface area contributed by atoms with Gasteiger partial charge in [0.25, 0.3) is 0 Å². The Kier molecular flexibility index (Phi) is 5.81.